The van der Waals surface area contributed by atoms with Crippen molar-refractivity contribution in [3.8, 4) is 0 Å². The summed E-state index contributed by atoms with van der Waals surface area (Å²) >= 11 is 1.26. The highest BCUT2D eigenvalue weighted by Gasteiger charge is 2.20. The van der Waals surface area contributed by atoms with E-state index in [1.54, 1.807) is 0 Å². The van der Waals surface area contributed by atoms with Gasteiger partial charge >= 0.3 is 5.97 Å². The Morgan fingerprint density at radius 1 is 1.50 bits per heavy atom. The zero-order valence-corrected chi connectivity index (χ0v) is 9.64. The van der Waals surface area contributed by atoms with Crippen LogP contribution in [-0.2, 0) is 21.4 Å². The van der Waals surface area contributed by atoms with Crippen LogP contribution in [0, 0.1) is 0 Å². The molecule has 0 N–H and O–H groups in total. The molecule has 0 radical (unpaired) electrons. The third-order valence-electron chi connectivity index (χ3n) is 1.66. The van der Waals surface area contributed by atoms with Crippen molar-refractivity contribution >= 4 is 17.5 Å². The van der Waals surface area contributed by atoms with Gasteiger partial charge in [-0.05, 0) is 11.5 Å². The van der Waals surface area contributed by atoms with Crippen LogP contribution in [0.4, 0.5) is 0 Å². The Hall–Kier alpha value is -0.970. The maximum Gasteiger partial charge on any atom is 0.312 e. The fourth-order valence-electron chi connectivity index (χ4n) is 0.827. The number of ether oxygens (including phenoxy) is 1. The van der Waals surface area contributed by atoms with Crippen LogP contribution >= 0.6 is 11.5 Å². The maximum atomic E-state index is 11.0. The van der Waals surface area contributed by atoms with Gasteiger partial charge in [0.25, 0.3) is 0 Å². The lowest BCUT2D eigenvalue weighted by atomic mass is 9.96. The van der Waals surface area contributed by atoms with Crippen LogP contribution in [0.15, 0.2) is 0 Å². The van der Waals surface area contributed by atoms with Crippen LogP contribution in [0.1, 0.15) is 31.6 Å². The van der Waals surface area contributed by atoms with Crippen LogP contribution in [0.5, 0.6) is 0 Å². The molecule has 0 saturated carbocycles. The lowest BCUT2D eigenvalue weighted by Crippen LogP contribution is -2.13. The number of hydrogen-bond donors (Lipinski definition) is 0. The highest BCUT2D eigenvalue weighted by atomic mass is 32.1. The summed E-state index contributed by atoms with van der Waals surface area (Å²) in [5.74, 6) is 0.503. The Kier molecular flexibility index (Phi) is 3.21. The standard InChI is InChI=1S/C9H14N2O2S/c1-9(2,3)8-10-6(14-11-8)5-7(12)13-4/h5H2,1-4H3. The van der Waals surface area contributed by atoms with E-state index in [-0.39, 0.29) is 17.8 Å². The minimum absolute atomic E-state index is 0.0646. The molecule has 0 atom stereocenters. The number of methoxy groups -OCH3 is 1. The minimum atomic E-state index is -0.276. The molecule has 14 heavy (non-hydrogen) atoms. The van der Waals surface area contributed by atoms with E-state index in [9.17, 15) is 4.79 Å². The molecule has 78 valence electrons. The van der Waals surface area contributed by atoms with Gasteiger partial charge in [-0.3, -0.25) is 4.79 Å². The van der Waals surface area contributed by atoms with Gasteiger partial charge in [-0.15, -0.1) is 0 Å². The third kappa shape index (κ3) is 2.77. The third-order valence-corrected chi connectivity index (χ3v) is 2.37. The van der Waals surface area contributed by atoms with Crippen molar-refractivity contribution in [2.45, 2.75) is 32.6 Å². The summed E-state index contributed by atoms with van der Waals surface area (Å²) in [4.78, 5) is 15.2. The Morgan fingerprint density at radius 2 is 2.14 bits per heavy atom. The molecule has 0 fully saturated rings. The Labute approximate surface area is 87.5 Å². The van der Waals surface area contributed by atoms with Crippen LogP contribution < -0.4 is 0 Å². The van der Waals surface area contributed by atoms with Crippen LogP contribution in [-0.4, -0.2) is 22.4 Å². The first-order chi connectivity index (χ1) is 6.43. The van der Waals surface area contributed by atoms with Gasteiger partial charge in [0.2, 0.25) is 0 Å². The van der Waals surface area contributed by atoms with Gasteiger partial charge in [0.05, 0.1) is 13.5 Å². The average Bonchev–Trinajstić information content (AvgIpc) is 2.51. The monoisotopic (exact) mass is 214 g/mol. The fourth-order valence-corrected chi connectivity index (χ4v) is 1.64. The van der Waals surface area contributed by atoms with Gasteiger partial charge in [0.15, 0.2) is 0 Å². The van der Waals surface area contributed by atoms with E-state index in [4.69, 9.17) is 0 Å². The van der Waals surface area contributed by atoms with Crippen LogP contribution in [0.2, 0.25) is 0 Å². The van der Waals surface area contributed by atoms with Gasteiger partial charge in [-0.1, -0.05) is 20.8 Å². The number of esters is 1. The van der Waals surface area contributed by atoms with Gasteiger partial charge in [0, 0.05) is 5.41 Å². The Balaban J connectivity index is 2.74. The number of aromatic nitrogens is 2. The summed E-state index contributed by atoms with van der Waals surface area (Å²) in [5.41, 5.74) is -0.0646. The molecule has 0 aromatic carbocycles. The second-order valence-electron chi connectivity index (χ2n) is 4.01. The minimum Gasteiger partial charge on any atom is -0.469 e. The first-order valence-electron chi connectivity index (χ1n) is 4.33. The molecule has 0 aliphatic heterocycles. The number of hydrogen-bond acceptors (Lipinski definition) is 5. The lowest BCUT2D eigenvalue weighted by molar-refractivity contribution is -0.139. The summed E-state index contributed by atoms with van der Waals surface area (Å²) in [5, 5.41) is 0.710. The molecule has 0 aliphatic rings. The highest BCUT2D eigenvalue weighted by molar-refractivity contribution is 7.05. The topological polar surface area (TPSA) is 52.1 Å². The van der Waals surface area contributed by atoms with Gasteiger partial charge < -0.3 is 4.74 Å². The number of carbonyl (C=O) groups excluding carboxylic acids is 1. The van der Waals surface area contributed by atoms with Crippen LogP contribution in [0.3, 0.4) is 0 Å². The molecular weight excluding hydrogens is 200 g/mol. The molecule has 0 spiro atoms. The first-order valence-corrected chi connectivity index (χ1v) is 5.10. The van der Waals surface area contributed by atoms with Crippen molar-refractivity contribution in [2.24, 2.45) is 0 Å². The highest BCUT2D eigenvalue weighted by Crippen LogP contribution is 2.20. The lowest BCUT2D eigenvalue weighted by Gasteiger charge is -2.12. The Morgan fingerprint density at radius 3 is 2.57 bits per heavy atom. The van der Waals surface area contributed by atoms with Crippen molar-refractivity contribution in [2.75, 3.05) is 7.11 Å². The molecule has 1 rings (SSSR count). The van der Waals surface area contributed by atoms with Gasteiger partial charge in [-0.25, -0.2) is 4.98 Å². The zero-order valence-electron chi connectivity index (χ0n) is 8.83. The van der Waals surface area contributed by atoms with E-state index in [0.29, 0.717) is 5.01 Å². The molecule has 1 heterocycles. The van der Waals surface area contributed by atoms with Crippen molar-refractivity contribution < 1.29 is 9.53 Å². The molecule has 0 saturated heterocycles. The first kappa shape index (κ1) is 11.1. The molecule has 0 aliphatic carbocycles. The number of rotatable bonds is 2. The van der Waals surface area contributed by atoms with E-state index >= 15 is 0 Å². The number of carbonyl (C=O) groups is 1. The zero-order chi connectivity index (χ0) is 10.8. The second kappa shape index (κ2) is 4.04. The summed E-state index contributed by atoms with van der Waals surface area (Å²) in [6.07, 6.45) is 0.213. The SMILES string of the molecule is COC(=O)Cc1nc(C(C)(C)C)ns1. The van der Waals surface area contributed by atoms with Crippen molar-refractivity contribution in [3.05, 3.63) is 10.8 Å². The van der Waals surface area contributed by atoms with Crippen molar-refractivity contribution in [1.82, 2.24) is 9.36 Å². The second-order valence-corrected chi connectivity index (χ2v) is 4.85. The molecular formula is C9H14N2O2S. The Bertz CT molecular complexity index is 328. The molecule has 5 heteroatoms. The molecule has 1 aromatic heterocycles. The fraction of sp³-hybridized carbons (Fsp3) is 0.667. The summed E-state index contributed by atoms with van der Waals surface area (Å²) in [6.45, 7) is 6.12. The van der Waals surface area contributed by atoms with Gasteiger partial charge in [-0.2, -0.15) is 4.37 Å². The van der Waals surface area contributed by atoms with Crippen LogP contribution in [0.25, 0.3) is 0 Å². The largest absolute Gasteiger partial charge is 0.469 e. The van der Waals surface area contributed by atoms with E-state index < -0.39 is 0 Å². The van der Waals surface area contributed by atoms with E-state index in [1.165, 1.54) is 18.6 Å². The maximum absolute atomic E-state index is 11.0. The smallest absolute Gasteiger partial charge is 0.312 e. The molecule has 4 nitrogen and oxygen atoms in total. The van der Waals surface area contributed by atoms with E-state index in [2.05, 4.69) is 14.1 Å². The predicted molar refractivity (Wildman–Crippen MR) is 54.3 cm³/mol. The molecule has 1 aromatic rings. The predicted octanol–water partition coefficient (Wildman–Crippen LogP) is 1.55. The van der Waals surface area contributed by atoms with E-state index in [1.807, 2.05) is 20.8 Å². The summed E-state index contributed by atoms with van der Waals surface area (Å²) < 4.78 is 8.75. The summed E-state index contributed by atoms with van der Waals surface area (Å²) in [6, 6.07) is 0. The summed E-state index contributed by atoms with van der Waals surface area (Å²) in [7, 11) is 1.37. The quantitative estimate of drug-likeness (QED) is 0.701. The molecule has 0 amide bonds. The average molecular weight is 214 g/mol. The normalized spacial score (nSPS) is 11.4. The van der Waals surface area contributed by atoms with Crippen molar-refractivity contribution in [3.63, 3.8) is 0 Å². The number of nitrogens with zero attached hydrogens (tertiary/aromatic N) is 2. The van der Waals surface area contributed by atoms with E-state index in [0.717, 1.165) is 5.82 Å². The molecule has 0 bridgehead atoms. The van der Waals surface area contributed by atoms with Gasteiger partial charge in [0.1, 0.15) is 10.8 Å². The van der Waals surface area contributed by atoms with Crippen molar-refractivity contribution in [1.29, 1.82) is 0 Å². The molecule has 0 unspecified atom stereocenters.